The van der Waals surface area contributed by atoms with Gasteiger partial charge in [-0.15, -0.1) is 0 Å². The largest absolute Gasteiger partial charge is 0.492 e. The van der Waals surface area contributed by atoms with Crippen LogP contribution in [0.5, 0.6) is 5.75 Å². The van der Waals surface area contributed by atoms with Crippen LogP contribution < -0.4 is 10.5 Å². The monoisotopic (exact) mass is 297 g/mol. The Morgan fingerprint density at radius 2 is 2.15 bits per heavy atom. The van der Waals surface area contributed by atoms with Crippen LogP contribution in [-0.4, -0.2) is 42.2 Å². The molecule has 0 unspecified atom stereocenters. The molecule has 6 heteroatoms. The molecule has 0 spiro atoms. The lowest BCUT2D eigenvalue weighted by molar-refractivity contribution is 0.263. The fourth-order valence-corrected chi connectivity index (χ4v) is 2.55. The molecule has 3 N–H and O–H groups in total. The summed E-state index contributed by atoms with van der Waals surface area (Å²) in [6.07, 6.45) is 3.60. The van der Waals surface area contributed by atoms with Gasteiger partial charge in [-0.2, -0.15) is 0 Å². The summed E-state index contributed by atoms with van der Waals surface area (Å²) in [5, 5.41) is 12.0. The van der Waals surface area contributed by atoms with Gasteiger partial charge >= 0.3 is 0 Å². The molecule has 0 saturated carbocycles. The third kappa shape index (κ3) is 4.02. The van der Waals surface area contributed by atoms with Crippen LogP contribution in [0.1, 0.15) is 24.8 Å². The van der Waals surface area contributed by atoms with Gasteiger partial charge in [-0.05, 0) is 50.6 Å². The molecule has 1 aliphatic rings. The van der Waals surface area contributed by atoms with Crippen molar-refractivity contribution in [1.82, 2.24) is 4.90 Å². The standard InChI is InChI=1S/C14H20ClN3O2/c15-12-10-11(14(16)17-19)4-5-13(12)20-9-3-8-18-6-1-2-7-18/h4-5,10,19H,1-3,6-9H2,(H2,16,17). The molecule has 0 aliphatic carbocycles. The molecule has 110 valence electrons. The molecule has 1 heterocycles. The second-order valence-corrected chi connectivity index (χ2v) is 5.29. The molecule has 0 amide bonds. The minimum Gasteiger partial charge on any atom is -0.492 e. The number of amidine groups is 1. The smallest absolute Gasteiger partial charge is 0.170 e. The number of ether oxygens (including phenoxy) is 1. The van der Waals surface area contributed by atoms with E-state index in [0.717, 1.165) is 13.0 Å². The van der Waals surface area contributed by atoms with Gasteiger partial charge < -0.3 is 20.6 Å². The van der Waals surface area contributed by atoms with Crippen LogP contribution in [0.3, 0.4) is 0 Å². The summed E-state index contributed by atoms with van der Waals surface area (Å²) in [5.41, 5.74) is 6.07. The number of hydrogen-bond donors (Lipinski definition) is 2. The molecule has 1 saturated heterocycles. The molecule has 20 heavy (non-hydrogen) atoms. The summed E-state index contributed by atoms with van der Waals surface area (Å²) in [7, 11) is 0. The van der Waals surface area contributed by atoms with Gasteiger partial charge in [0.2, 0.25) is 0 Å². The number of likely N-dealkylation sites (tertiary alicyclic amines) is 1. The summed E-state index contributed by atoms with van der Waals surface area (Å²) >= 11 is 6.11. The van der Waals surface area contributed by atoms with Crippen LogP contribution in [0.4, 0.5) is 0 Å². The van der Waals surface area contributed by atoms with Crippen LogP contribution in [0.15, 0.2) is 23.4 Å². The molecular formula is C14H20ClN3O2. The molecule has 0 radical (unpaired) electrons. The molecule has 1 fully saturated rings. The summed E-state index contributed by atoms with van der Waals surface area (Å²) in [6, 6.07) is 5.09. The first-order valence-corrected chi connectivity index (χ1v) is 7.21. The van der Waals surface area contributed by atoms with Crippen LogP contribution >= 0.6 is 11.6 Å². The highest BCUT2D eigenvalue weighted by Gasteiger charge is 2.11. The van der Waals surface area contributed by atoms with Crippen molar-refractivity contribution in [1.29, 1.82) is 0 Å². The SMILES string of the molecule is NC(=NO)c1ccc(OCCCN2CCCC2)c(Cl)c1. The number of benzene rings is 1. The van der Waals surface area contributed by atoms with E-state index in [2.05, 4.69) is 10.1 Å². The highest BCUT2D eigenvalue weighted by Crippen LogP contribution is 2.25. The number of nitrogens with zero attached hydrogens (tertiary/aromatic N) is 2. The number of halogens is 1. The second-order valence-electron chi connectivity index (χ2n) is 4.88. The van der Waals surface area contributed by atoms with Gasteiger partial charge in [0.25, 0.3) is 0 Å². The number of oxime groups is 1. The van der Waals surface area contributed by atoms with Crippen molar-refractivity contribution < 1.29 is 9.94 Å². The van der Waals surface area contributed by atoms with Crippen molar-refractivity contribution in [2.45, 2.75) is 19.3 Å². The van der Waals surface area contributed by atoms with Crippen LogP contribution in [-0.2, 0) is 0 Å². The number of hydrogen-bond acceptors (Lipinski definition) is 4. The van der Waals surface area contributed by atoms with Crippen molar-refractivity contribution in [3.05, 3.63) is 28.8 Å². The quantitative estimate of drug-likeness (QED) is 0.278. The highest BCUT2D eigenvalue weighted by atomic mass is 35.5. The van der Waals surface area contributed by atoms with Crippen molar-refractivity contribution in [2.24, 2.45) is 10.9 Å². The van der Waals surface area contributed by atoms with E-state index in [4.69, 9.17) is 27.3 Å². The topological polar surface area (TPSA) is 71.1 Å². The van der Waals surface area contributed by atoms with Gasteiger partial charge in [0.05, 0.1) is 11.6 Å². The normalized spacial score (nSPS) is 16.6. The Morgan fingerprint density at radius 1 is 1.40 bits per heavy atom. The zero-order chi connectivity index (χ0) is 14.4. The number of nitrogens with two attached hydrogens (primary N) is 1. The van der Waals surface area contributed by atoms with Gasteiger partial charge in [0, 0.05) is 12.1 Å². The molecule has 1 aliphatic heterocycles. The minimum absolute atomic E-state index is 0.0347. The molecule has 5 nitrogen and oxygen atoms in total. The van der Waals surface area contributed by atoms with Crippen molar-refractivity contribution in [2.75, 3.05) is 26.2 Å². The molecule has 0 aromatic heterocycles. The fraction of sp³-hybridized carbons (Fsp3) is 0.500. The average Bonchev–Trinajstić information content (AvgIpc) is 2.97. The maximum Gasteiger partial charge on any atom is 0.170 e. The maximum absolute atomic E-state index is 8.61. The second kappa shape index (κ2) is 7.36. The van der Waals surface area contributed by atoms with Gasteiger partial charge in [0.15, 0.2) is 5.84 Å². The Bertz CT molecular complexity index is 473. The van der Waals surface area contributed by atoms with Crippen LogP contribution in [0.2, 0.25) is 5.02 Å². The van der Waals surface area contributed by atoms with Crippen LogP contribution in [0, 0.1) is 0 Å². The Labute approximate surface area is 124 Å². The molecular weight excluding hydrogens is 278 g/mol. The lowest BCUT2D eigenvalue weighted by atomic mass is 10.2. The van der Waals surface area contributed by atoms with Gasteiger partial charge in [-0.25, -0.2) is 0 Å². The van der Waals surface area contributed by atoms with Crippen molar-refractivity contribution in [3.63, 3.8) is 0 Å². The molecule has 1 aromatic carbocycles. The Balaban J connectivity index is 1.80. The predicted molar refractivity (Wildman–Crippen MR) is 79.7 cm³/mol. The zero-order valence-corrected chi connectivity index (χ0v) is 12.1. The van der Waals surface area contributed by atoms with E-state index in [0.29, 0.717) is 22.9 Å². The first-order chi connectivity index (χ1) is 9.70. The van der Waals surface area contributed by atoms with E-state index in [1.807, 2.05) is 0 Å². The fourth-order valence-electron chi connectivity index (χ4n) is 2.31. The molecule has 2 rings (SSSR count). The first kappa shape index (κ1) is 14.9. The zero-order valence-electron chi connectivity index (χ0n) is 11.4. The first-order valence-electron chi connectivity index (χ1n) is 6.83. The third-order valence-corrected chi connectivity index (χ3v) is 3.71. The lowest BCUT2D eigenvalue weighted by Crippen LogP contribution is -2.21. The molecule has 1 aromatic rings. The summed E-state index contributed by atoms with van der Waals surface area (Å²) < 4.78 is 5.66. The van der Waals surface area contributed by atoms with Gasteiger partial charge in [-0.1, -0.05) is 16.8 Å². The summed E-state index contributed by atoms with van der Waals surface area (Å²) in [6.45, 7) is 4.11. The van der Waals surface area contributed by atoms with E-state index in [9.17, 15) is 0 Å². The molecule has 0 bridgehead atoms. The van der Waals surface area contributed by atoms with E-state index >= 15 is 0 Å². The van der Waals surface area contributed by atoms with E-state index < -0.39 is 0 Å². The third-order valence-electron chi connectivity index (χ3n) is 3.41. The van der Waals surface area contributed by atoms with Gasteiger partial charge in [0.1, 0.15) is 5.75 Å². The highest BCUT2D eigenvalue weighted by molar-refractivity contribution is 6.32. The summed E-state index contributed by atoms with van der Waals surface area (Å²) in [5.74, 6) is 0.662. The minimum atomic E-state index is 0.0347. The van der Waals surface area contributed by atoms with Gasteiger partial charge in [-0.3, -0.25) is 0 Å². The van der Waals surface area contributed by atoms with E-state index in [1.165, 1.54) is 25.9 Å². The Hall–Kier alpha value is -1.46. The average molecular weight is 298 g/mol. The lowest BCUT2D eigenvalue weighted by Gasteiger charge is -2.15. The molecule has 0 atom stereocenters. The Morgan fingerprint density at radius 3 is 2.80 bits per heavy atom. The predicted octanol–water partition coefficient (Wildman–Crippen LogP) is 2.30. The summed E-state index contributed by atoms with van der Waals surface area (Å²) in [4.78, 5) is 2.45. The van der Waals surface area contributed by atoms with Crippen LogP contribution in [0.25, 0.3) is 0 Å². The van der Waals surface area contributed by atoms with E-state index in [1.54, 1.807) is 18.2 Å². The maximum atomic E-state index is 8.61. The Kier molecular flexibility index (Phi) is 5.49. The van der Waals surface area contributed by atoms with Crippen molar-refractivity contribution in [3.8, 4) is 5.75 Å². The van der Waals surface area contributed by atoms with Crippen molar-refractivity contribution >= 4 is 17.4 Å². The number of rotatable bonds is 6. The van der Waals surface area contributed by atoms with E-state index in [-0.39, 0.29) is 5.84 Å².